The third-order valence-corrected chi connectivity index (χ3v) is 2.53. The molecule has 3 heteroatoms. The standard InChI is InChI=1S/C15H20O3/c1-13(18-15(16)17-2)9-5-3-6-10-14-11-7-4-8-12-14/h4-5,7-9,11-13H,3,6,10H2,1-2H3/b9-5+. The number of methoxy groups -OCH3 is 1. The van der Waals surface area contributed by atoms with Gasteiger partial charge in [0.15, 0.2) is 0 Å². The molecule has 1 atom stereocenters. The minimum Gasteiger partial charge on any atom is -0.438 e. The van der Waals surface area contributed by atoms with E-state index in [0.29, 0.717) is 0 Å². The second kappa shape index (κ2) is 8.34. The van der Waals surface area contributed by atoms with E-state index in [1.165, 1.54) is 12.7 Å². The molecule has 3 nitrogen and oxygen atoms in total. The molecule has 0 saturated carbocycles. The summed E-state index contributed by atoms with van der Waals surface area (Å²) in [7, 11) is 1.30. The van der Waals surface area contributed by atoms with Crippen molar-refractivity contribution in [2.75, 3.05) is 7.11 Å². The summed E-state index contributed by atoms with van der Waals surface area (Å²) in [4.78, 5) is 10.8. The van der Waals surface area contributed by atoms with Gasteiger partial charge in [-0.15, -0.1) is 0 Å². The third-order valence-electron chi connectivity index (χ3n) is 2.53. The number of aryl methyl sites for hydroxylation is 1. The van der Waals surface area contributed by atoms with E-state index in [0.717, 1.165) is 19.3 Å². The van der Waals surface area contributed by atoms with Crippen LogP contribution in [0.3, 0.4) is 0 Å². The molecule has 0 amide bonds. The Morgan fingerprint density at radius 1 is 1.33 bits per heavy atom. The van der Waals surface area contributed by atoms with Gasteiger partial charge in [0.05, 0.1) is 7.11 Å². The molecule has 98 valence electrons. The van der Waals surface area contributed by atoms with Gasteiger partial charge >= 0.3 is 6.16 Å². The van der Waals surface area contributed by atoms with E-state index in [2.05, 4.69) is 29.0 Å². The zero-order chi connectivity index (χ0) is 13.2. The van der Waals surface area contributed by atoms with Crippen molar-refractivity contribution < 1.29 is 14.3 Å². The van der Waals surface area contributed by atoms with Crippen LogP contribution in [-0.4, -0.2) is 19.4 Å². The van der Waals surface area contributed by atoms with E-state index < -0.39 is 6.16 Å². The maximum atomic E-state index is 10.8. The number of ether oxygens (including phenoxy) is 2. The van der Waals surface area contributed by atoms with Crippen molar-refractivity contribution in [2.24, 2.45) is 0 Å². The monoisotopic (exact) mass is 248 g/mol. The van der Waals surface area contributed by atoms with Crippen molar-refractivity contribution in [3.05, 3.63) is 48.0 Å². The summed E-state index contributed by atoms with van der Waals surface area (Å²) in [5.74, 6) is 0. The molecule has 0 aliphatic heterocycles. The normalized spacial score (nSPS) is 12.3. The Balaban J connectivity index is 2.15. The lowest BCUT2D eigenvalue weighted by Crippen LogP contribution is -2.12. The van der Waals surface area contributed by atoms with Crippen LogP contribution in [0.4, 0.5) is 4.79 Å². The largest absolute Gasteiger partial charge is 0.508 e. The minimum absolute atomic E-state index is 0.242. The van der Waals surface area contributed by atoms with Gasteiger partial charge in [-0.05, 0) is 37.8 Å². The number of hydrogen-bond acceptors (Lipinski definition) is 3. The fourth-order valence-corrected chi connectivity index (χ4v) is 1.60. The van der Waals surface area contributed by atoms with Gasteiger partial charge in [-0.3, -0.25) is 0 Å². The van der Waals surface area contributed by atoms with Crippen LogP contribution in [0, 0.1) is 0 Å². The van der Waals surface area contributed by atoms with Crippen LogP contribution in [0.1, 0.15) is 25.3 Å². The quantitative estimate of drug-likeness (QED) is 0.437. The smallest absolute Gasteiger partial charge is 0.438 e. The first kappa shape index (κ1) is 14.3. The highest BCUT2D eigenvalue weighted by molar-refractivity contribution is 5.59. The first-order valence-electron chi connectivity index (χ1n) is 6.17. The van der Waals surface area contributed by atoms with E-state index in [9.17, 15) is 4.79 Å². The molecule has 0 radical (unpaired) electrons. The van der Waals surface area contributed by atoms with E-state index in [4.69, 9.17) is 4.74 Å². The molecule has 0 fully saturated rings. The molecule has 1 unspecified atom stereocenters. The molecule has 0 aromatic heterocycles. The highest BCUT2D eigenvalue weighted by Gasteiger charge is 2.04. The molecule has 0 bridgehead atoms. The highest BCUT2D eigenvalue weighted by Crippen LogP contribution is 2.05. The van der Waals surface area contributed by atoms with Crippen LogP contribution in [0.15, 0.2) is 42.5 Å². The van der Waals surface area contributed by atoms with Crippen molar-refractivity contribution in [2.45, 2.75) is 32.3 Å². The maximum absolute atomic E-state index is 10.8. The molecule has 1 rings (SSSR count). The van der Waals surface area contributed by atoms with Crippen LogP contribution in [0.2, 0.25) is 0 Å². The number of carbonyl (C=O) groups excluding carboxylic acids is 1. The fraction of sp³-hybridized carbons (Fsp3) is 0.400. The molecule has 0 spiro atoms. The van der Waals surface area contributed by atoms with E-state index in [1.54, 1.807) is 0 Å². The summed E-state index contributed by atoms with van der Waals surface area (Å²) >= 11 is 0. The molecule has 0 N–H and O–H groups in total. The van der Waals surface area contributed by atoms with Crippen molar-refractivity contribution >= 4 is 6.16 Å². The summed E-state index contributed by atoms with van der Waals surface area (Å²) in [6, 6.07) is 10.4. The predicted molar refractivity (Wildman–Crippen MR) is 71.5 cm³/mol. The van der Waals surface area contributed by atoms with Gasteiger partial charge in [0.1, 0.15) is 6.10 Å². The third kappa shape index (κ3) is 6.09. The first-order chi connectivity index (χ1) is 8.72. The Morgan fingerprint density at radius 3 is 2.72 bits per heavy atom. The molecular formula is C15H20O3. The van der Waals surface area contributed by atoms with Crippen LogP contribution in [0.25, 0.3) is 0 Å². The van der Waals surface area contributed by atoms with Gasteiger partial charge in [-0.1, -0.05) is 36.4 Å². The van der Waals surface area contributed by atoms with Crippen LogP contribution < -0.4 is 0 Å². The number of hydrogen-bond donors (Lipinski definition) is 0. The van der Waals surface area contributed by atoms with Gasteiger partial charge in [-0.2, -0.15) is 0 Å². The highest BCUT2D eigenvalue weighted by atomic mass is 16.7. The summed E-state index contributed by atoms with van der Waals surface area (Å²) in [5, 5.41) is 0. The molecule has 18 heavy (non-hydrogen) atoms. The number of benzene rings is 1. The van der Waals surface area contributed by atoms with Crippen molar-refractivity contribution in [3.63, 3.8) is 0 Å². The molecule has 0 heterocycles. The lowest BCUT2D eigenvalue weighted by molar-refractivity contribution is 0.0578. The topological polar surface area (TPSA) is 35.5 Å². The second-order valence-corrected chi connectivity index (χ2v) is 4.08. The Hall–Kier alpha value is -1.77. The Kier molecular flexibility index (Phi) is 6.62. The maximum Gasteiger partial charge on any atom is 0.508 e. The van der Waals surface area contributed by atoms with Gasteiger partial charge < -0.3 is 9.47 Å². The average Bonchev–Trinajstić information content (AvgIpc) is 2.39. The summed E-state index contributed by atoms with van der Waals surface area (Å²) in [6.45, 7) is 1.81. The fourth-order valence-electron chi connectivity index (χ4n) is 1.60. The average molecular weight is 248 g/mol. The number of allylic oxidation sites excluding steroid dienone is 1. The second-order valence-electron chi connectivity index (χ2n) is 4.08. The van der Waals surface area contributed by atoms with Crippen LogP contribution in [0.5, 0.6) is 0 Å². The Morgan fingerprint density at radius 2 is 2.06 bits per heavy atom. The Labute approximate surface area is 108 Å². The number of unbranched alkanes of at least 4 members (excludes halogenated alkanes) is 1. The lowest BCUT2D eigenvalue weighted by Gasteiger charge is -2.06. The summed E-state index contributed by atoms with van der Waals surface area (Å²) in [5.41, 5.74) is 1.35. The van der Waals surface area contributed by atoms with Crippen LogP contribution in [-0.2, 0) is 15.9 Å². The minimum atomic E-state index is -0.642. The van der Waals surface area contributed by atoms with Gasteiger partial charge in [0.25, 0.3) is 0 Å². The van der Waals surface area contributed by atoms with Gasteiger partial charge in [0.2, 0.25) is 0 Å². The van der Waals surface area contributed by atoms with Crippen molar-refractivity contribution in [3.8, 4) is 0 Å². The van der Waals surface area contributed by atoms with E-state index in [1.807, 2.05) is 25.1 Å². The Bertz CT molecular complexity index is 371. The van der Waals surface area contributed by atoms with Gasteiger partial charge in [-0.25, -0.2) is 4.79 Å². The van der Waals surface area contributed by atoms with Crippen LogP contribution >= 0.6 is 0 Å². The van der Waals surface area contributed by atoms with Crippen molar-refractivity contribution in [1.29, 1.82) is 0 Å². The first-order valence-corrected chi connectivity index (χ1v) is 6.17. The summed E-state index contributed by atoms with van der Waals surface area (Å²) < 4.78 is 9.33. The zero-order valence-electron chi connectivity index (χ0n) is 11.0. The predicted octanol–water partition coefficient (Wildman–Crippen LogP) is 3.74. The molecule has 0 aliphatic rings. The number of carbonyl (C=O) groups is 1. The molecule has 0 aliphatic carbocycles. The number of rotatable bonds is 6. The molecule has 0 saturated heterocycles. The lowest BCUT2D eigenvalue weighted by atomic mass is 10.1. The zero-order valence-corrected chi connectivity index (χ0v) is 11.0. The van der Waals surface area contributed by atoms with Gasteiger partial charge in [0, 0.05) is 0 Å². The molecule has 1 aromatic rings. The molecule has 1 aromatic carbocycles. The molecular weight excluding hydrogens is 228 g/mol. The van der Waals surface area contributed by atoms with E-state index >= 15 is 0 Å². The SMILES string of the molecule is COC(=O)OC(C)/C=C/CCCc1ccccc1. The summed E-state index contributed by atoms with van der Waals surface area (Å²) in [6.07, 6.45) is 6.16. The van der Waals surface area contributed by atoms with E-state index in [-0.39, 0.29) is 6.10 Å². The van der Waals surface area contributed by atoms with Crippen molar-refractivity contribution in [1.82, 2.24) is 0 Å².